The van der Waals surface area contributed by atoms with E-state index in [1.54, 1.807) is 36.8 Å². The predicted molar refractivity (Wildman–Crippen MR) is 106 cm³/mol. The second-order valence-electron chi connectivity index (χ2n) is 9.02. The van der Waals surface area contributed by atoms with Crippen molar-refractivity contribution in [1.82, 2.24) is 0 Å². The van der Waals surface area contributed by atoms with Crippen molar-refractivity contribution in [2.45, 2.75) is 84.2 Å². The van der Waals surface area contributed by atoms with Crippen molar-refractivity contribution in [1.29, 1.82) is 0 Å². The van der Waals surface area contributed by atoms with E-state index in [-0.39, 0.29) is 0 Å². The fraction of sp³-hybridized carbons (Fsp3) is 0.727. The second kappa shape index (κ2) is 5.71. The van der Waals surface area contributed by atoms with Crippen LogP contribution in [0.3, 0.4) is 0 Å². The second-order valence-corrected chi connectivity index (χ2v) is 12.0. The van der Waals surface area contributed by atoms with Crippen LogP contribution in [0.5, 0.6) is 0 Å². The minimum absolute atomic E-state index is 0.901. The highest BCUT2D eigenvalue weighted by atomic mass is 32.2. The van der Waals surface area contributed by atoms with Crippen LogP contribution in [0.2, 0.25) is 0 Å². The molecule has 0 amide bonds. The Balaban J connectivity index is 1.22. The summed E-state index contributed by atoms with van der Waals surface area (Å²) in [5, 5.41) is 3.88. The SMILES string of the molecule is c1ccc2c(c1)C1CC3SC4CC5CCCCC5CC4SC3CC21. The van der Waals surface area contributed by atoms with Gasteiger partial charge in [-0.3, -0.25) is 0 Å². The normalized spacial score (nSPS) is 48.8. The molecule has 0 bridgehead atoms. The van der Waals surface area contributed by atoms with E-state index in [2.05, 4.69) is 47.8 Å². The summed E-state index contributed by atoms with van der Waals surface area (Å²) in [5.74, 6) is 3.98. The zero-order valence-electron chi connectivity index (χ0n) is 14.4. The molecule has 1 aromatic rings. The van der Waals surface area contributed by atoms with E-state index < -0.39 is 0 Å². The lowest BCUT2D eigenvalue weighted by molar-refractivity contribution is 0.177. The number of hydrogen-bond donors (Lipinski definition) is 0. The van der Waals surface area contributed by atoms with Crippen LogP contribution < -0.4 is 0 Å². The zero-order chi connectivity index (χ0) is 15.7. The Labute approximate surface area is 154 Å². The average molecular weight is 357 g/mol. The Morgan fingerprint density at radius 2 is 1.08 bits per heavy atom. The molecule has 1 aromatic carbocycles. The van der Waals surface area contributed by atoms with Gasteiger partial charge in [0.1, 0.15) is 0 Å². The quantitative estimate of drug-likeness (QED) is 0.541. The van der Waals surface area contributed by atoms with Gasteiger partial charge in [0, 0.05) is 21.0 Å². The van der Waals surface area contributed by atoms with Crippen LogP contribution in [-0.4, -0.2) is 21.0 Å². The van der Waals surface area contributed by atoms with Gasteiger partial charge in [-0.2, -0.15) is 23.5 Å². The summed E-state index contributed by atoms with van der Waals surface area (Å²) in [7, 11) is 0. The predicted octanol–water partition coefficient (Wildman–Crippen LogP) is 6.22. The van der Waals surface area contributed by atoms with Gasteiger partial charge in [0.2, 0.25) is 0 Å². The van der Waals surface area contributed by atoms with Gasteiger partial charge in [-0.05, 0) is 60.5 Å². The standard InChI is InChI=1S/C22H28S2/c1-2-6-14-10-20-19(9-13(14)5-1)23-21-11-17-15-7-3-4-8-16(15)18(17)12-22(21)24-20/h3-4,7-8,13-14,17-22H,1-2,5-6,9-12H2. The topological polar surface area (TPSA) is 0 Å². The molecule has 0 radical (unpaired) electrons. The number of rotatable bonds is 0. The maximum Gasteiger partial charge on any atom is 0.0176 e. The van der Waals surface area contributed by atoms with E-state index in [9.17, 15) is 0 Å². The molecule has 24 heavy (non-hydrogen) atoms. The fourth-order valence-corrected chi connectivity index (χ4v) is 10.9. The molecular formula is C22H28S2. The number of thioether (sulfide) groups is 2. The van der Waals surface area contributed by atoms with Crippen LogP contribution in [-0.2, 0) is 0 Å². The van der Waals surface area contributed by atoms with Crippen molar-refractivity contribution in [3.63, 3.8) is 0 Å². The van der Waals surface area contributed by atoms with Crippen LogP contribution >= 0.6 is 23.5 Å². The third kappa shape index (κ3) is 2.21. The van der Waals surface area contributed by atoms with Crippen molar-refractivity contribution in [2.24, 2.45) is 11.8 Å². The Kier molecular flexibility index (Phi) is 3.57. The first kappa shape index (κ1) is 15.0. The molecule has 4 fully saturated rings. The van der Waals surface area contributed by atoms with E-state index in [1.807, 2.05) is 0 Å². The summed E-state index contributed by atoms with van der Waals surface area (Å²) in [6.45, 7) is 0. The van der Waals surface area contributed by atoms with Gasteiger partial charge in [0.05, 0.1) is 0 Å². The van der Waals surface area contributed by atoms with Crippen molar-refractivity contribution in [2.75, 3.05) is 0 Å². The van der Waals surface area contributed by atoms with Gasteiger partial charge in [-0.25, -0.2) is 0 Å². The molecule has 8 unspecified atom stereocenters. The summed E-state index contributed by atoms with van der Waals surface area (Å²) < 4.78 is 0. The lowest BCUT2D eigenvalue weighted by Gasteiger charge is -2.55. The molecular weight excluding hydrogens is 328 g/mol. The third-order valence-corrected chi connectivity index (χ3v) is 11.7. The van der Waals surface area contributed by atoms with Crippen molar-refractivity contribution < 1.29 is 0 Å². The van der Waals surface area contributed by atoms with Gasteiger partial charge in [0.15, 0.2) is 0 Å². The third-order valence-electron chi connectivity index (χ3n) is 7.92. The lowest BCUT2D eigenvalue weighted by Crippen LogP contribution is -2.48. The van der Waals surface area contributed by atoms with Gasteiger partial charge in [0.25, 0.3) is 0 Å². The molecule has 0 nitrogen and oxygen atoms in total. The largest absolute Gasteiger partial charge is 0.153 e. The first-order chi connectivity index (χ1) is 11.9. The molecule has 128 valence electrons. The number of fused-ring (bicyclic) bond motifs is 7. The summed E-state index contributed by atoms with van der Waals surface area (Å²) in [5.41, 5.74) is 3.40. The summed E-state index contributed by atoms with van der Waals surface area (Å²) in [4.78, 5) is 0. The minimum atomic E-state index is 0.901. The zero-order valence-corrected chi connectivity index (χ0v) is 16.0. The molecule has 0 spiro atoms. The van der Waals surface area contributed by atoms with Gasteiger partial charge in [-0.1, -0.05) is 49.9 Å². The van der Waals surface area contributed by atoms with Crippen LogP contribution in [0.25, 0.3) is 0 Å². The van der Waals surface area contributed by atoms with E-state index in [4.69, 9.17) is 0 Å². The maximum atomic E-state index is 2.45. The summed E-state index contributed by atoms with van der Waals surface area (Å²) in [6, 6.07) is 9.33. The molecule has 0 aromatic heterocycles. The average Bonchev–Trinajstić information content (AvgIpc) is 2.62. The Morgan fingerprint density at radius 3 is 1.58 bits per heavy atom. The monoisotopic (exact) mass is 356 g/mol. The molecule has 6 rings (SSSR count). The smallest absolute Gasteiger partial charge is 0.0176 e. The van der Waals surface area contributed by atoms with E-state index >= 15 is 0 Å². The Bertz CT molecular complexity index is 586. The Hall–Kier alpha value is -0.0800. The van der Waals surface area contributed by atoms with E-state index in [1.165, 1.54) is 25.7 Å². The van der Waals surface area contributed by atoms with Gasteiger partial charge >= 0.3 is 0 Å². The molecule has 2 heteroatoms. The summed E-state index contributed by atoms with van der Waals surface area (Å²) in [6.07, 6.45) is 12.2. The van der Waals surface area contributed by atoms with Crippen molar-refractivity contribution in [3.05, 3.63) is 35.4 Å². The van der Waals surface area contributed by atoms with Gasteiger partial charge < -0.3 is 0 Å². The molecule has 5 aliphatic rings. The Morgan fingerprint density at radius 1 is 0.625 bits per heavy atom. The molecule has 1 saturated heterocycles. The lowest BCUT2D eigenvalue weighted by atomic mass is 9.61. The van der Waals surface area contributed by atoms with Crippen LogP contribution in [0.4, 0.5) is 0 Å². The summed E-state index contributed by atoms with van der Waals surface area (Å²) >= 11 is 4.90. The van der Waals surface area contributed by atoms with Gasteiger partial charge in [-0.15, -0.1) is 0 Å². The molecule has 1 heterocycles. The van der Waals surface area contributed by atoms with Crippen LogP contribution in [0, 0.1) is 11.8 Å². The molecule has 3 saturated carbocycles. The maximum absolute atomic E-state index is 2.45. The molecule has 8 atom stereocenters. The van der Waals surface area contributed by atoms with Crippen molar-refractivity contribution in [3.8, 4) is 0 Å². The first-order valence-electron chi connectivity index (χ1n) is 10.3. The van der Waals surface area contributed by atoms with Crippen LogP contribution in [0.15, 0.2) is 24.3 Å². The molecule has 0 N–H and O–H groups in total. The molecule has 1 aliphatic heterocycles. The highest BCUT2D eigenvalue weighted by Crippen LogP contribution is 2.62. The van der Waals surface area contributed by atoms with E-state index in [0.29, 0.717) is 0 Å². The highest BCUT2D eigenvalue weighted by Gasteiger charge is 2.51. The fourth-order valence-electron chi connectivity index (χ4n) is 6.74. The minimum Gasteiger partial charge on any atom is -0.153 e. The number of hydrogen-bond acceptors (Lipinski definition) is 2. The number of benzene rings is 1. The molecule has 4 aliphatic carbocycles. The first-order valence-corrected chi connectivity index (χ1v) is 12.1. The van der Waals surface area contributed by atoms with Crippen molar-refractivity contribution >= 4 is 23.5 Å². The van der Waals surface area contributed by atoms with Crippen LogP contribution in [0.1, 0.15) is 74.3 Å². The van der Waals surface area contributed by atoms with E-state index in [0.717, 1.165) is 44.7 Å². The highest BCUT2D eigenvalue weighted by molar-refractivity contribution is 8.08.